The summed E-state index contributed by atoms with van der Waals surface area (Å²) in [6.45, 7) is 6.14. The number of nitrogens with zero attached hydrogens (tertiary/aromatic N) is 2. The van der Waals surface area contributed by atoms with Crippen molar-refractivity contribution in [1.82, 2.24) is 4.90 Å². The third-order valence-electron chi connectivity index (χ3n) is 4.12. The van der Waals surface area contributed by atoms with Gasteiger partial charge in [0.2, 0.25) is 0 Å². The number of morpholine rings is 1. The number of aryl methyl sites for hydroxylation is 1. The van der Waals surface area contributed by atoms with Crippen LogP contribution in [0.1, 0.15) is 16.5 Å². The predicted molar refractivity (Wildman–Crippen MR) is 101 cm³/mol. The minimum Gasteiger partial charge on any atom is -0.379 e. The molecular formula is C18H24N4OS. The Bertz CT molecular complexity index is 648. The average Bonchev–Trinajstić information content (AvgIpc) is 3.12. The molecule has 1 fully saturated rings. The van der Waals surface area contributed by atoms with Crippen molar-refractivity contribution in [2.75, 3.05) is 38.2 Å². The third kappa shape index (κ3) is 4.56. The summed E-state index contributed by atoms with van der Waals surface area (Å²) in [7, 11) is 0. The molecule has 0 saturated carbocycles. The van der Waals surface area contributed by atoms with Gasteiger partial charge < -0.3 is 15.8 Å². The summed E-state index contributed by atoms with van der Waals surface area (Å²) in [5.41, 5.74) is 8.26. The lowest BCUT2D eigenvalue weighted by Gasteiger charge is -2.33. The fraction of sp³-hybridized carbons (Fsp3) is 0.389. The van der Waals surface area contributed by atoms with Gasteiger partial charge in [0.25, 0.3) is 0 Å². The fourth-order valence-electron chi connectivity index (χ4n) is 2.76. The summed E-state index contributed by atoms with van der Waals surface area (Å²) in [5, 5.41) is 5.27. The van der Waals surface area contributed by atoms with E-state index in [1.165, 1.54) is 10.4 Å². The zero-order valence-corrected chi connectivity index (χ0v) is 14.8. The van der Waals surface area contributed by atoms with E-state index >= 15 is 0 Å². The smallest absolute Gasteiger partial charge is 0.193 e. The lowest BCUT2D eigenvalue weighted by atomic mass is 10.2. The average molecular weight is 344 g/mol. The molecule has 0 spiro atoms. The number of thiophene rings is 1. The van der Waals surface area contributed by atoms with E-state index in [9.17, 15) is 0 Å². The molecule has 128 valence electrons. The first-order chi connectivity index (χ1) is 11.7. The van der Waals surface area contributed by atoms with E-state index in [0.717, 1.165) is 32.0 Å². The quantitative estimate of drug-likeness (QED) is 0.647. The van der Waals surface area contributed by atoms with Crippen LogP contribution in [0.5, 0.6) is 0 Å². The van der Waals surface area contributed by atoms with Crippen LogP contribution in [0.3, 0.4) is 0 Å². The molecule has 2 heterocycles. The maximum absolute atomic E-state index is 6.07. The lowest BCUT2D eigenvalue weighted by molar-refractivity contribution is 0.0187. The number of anilines is 1. The molecule has 0 bridgehead atoms. The minimum atomic E-state index is 0.257. The zero-order valence-electron chi connectivity index (χ0n) is 13.9. The molecule has 5 nitrogen and oxygen atoms in total. The van der Waals surface area contributed by atoms with Gasteiger partial charge in [-0.3, -0.25) is 9.89 Å². The maximum Gasteiger partial charge on any atom is 0.193 e. The topological polar surface area (TPSA) is 62.9 Å². The highest BCUT2D eigenvalue weighted by atomic mass is 32.1. The Kier molecular flexibility index (Phi) is 5.85. The van der Waals surface area contributed by atoms with Crippen LogP contribution >= 0.6 is 11.3 Å². The largest absolute Gasteiger partial charge is 0.379 e. The molecule has 1 atom stereocenters. The molecule has 1 unspecified atom stereocenters. The SMILES string of the molecule is Cc1ccc(NC(N)=NCC(c2cccs2)N2CCOCC2)cc1. The van der Waals surface area contributed by atoms with Crippen LogP contribution in [0.25, 0.3) is 0 Å². The Morgan fingerprint density at radius 2 is 2.04 bits per heavy atom. The van der Waals surface area contributed by atoms with Crippen LogP contribution in [0.4, 0.5) is 5.69 Å². The van der Waals surface area contributed by atoms with Crippen molar-refractivity contribution in [3.63, 3.8) is 0 Å². The van der Waals surface area contributed by atoms with Gasteiger partial charge in [-0.1, -0.05) is 23.8 Å². The molecule has 2 aromatic rings. The first-order valence-electron chi connectivity index (χ1n) is 8.21. The van der Waals surface area contributed by atoms with E-state index in [1.54, 1.807) is 11.3 Å². The Morgan fingerprint density at radius 3 is 2.71 bits per heavy atom. The zero-order chi connectivity index (χ0) is 16.8. The molecule has 24 heavy (non-hydrogen) atoms. The van der Waals surface area contributed by atoms with Gasteiger partial charge >= 0.3 is 0 Å². The molecule has 1 aromatic carbocycles. The van der Waals surface area contributed by atoms with Gasteiger partial charge in [-0.15, -0.1) is 11.3 Å². The summed E-state index contributed by atoms with van der Waals surface area (Å²) in [6, 6.07) is 12.6. The van der Waals surface area contributed by atoms with E-state index in [4.69, 9.17) is 10.5 Å². The molecule has 0 amide bonds. The highest BCUT2D eigenvalue weighted by Crippen LogP contribution is 2.26. The van der Waals surface area contributed by atoms with Crippen molar-refractivity contribution in [2.45, 2.75) is 13.0 Å². The first kappa shape index (κ1) is 17.0. The van der Waals surface area contributed by atoms with Gasteiger partial charge in [-0.2, -0.15) is 0 Å². The molecule has 1 aliphatic heterocycles. The Hall–Kier alpha value is -1.89. The van der Waals surface area contributed by atoms with Gasteiger partial charge in [0.1, 0.15) is 0 Å². The number of hydrogen-bond donors (Lipinski definition) is 2. The summed E-state index contributed by atoms with van der Waals surface area (Å²) < 4.78 is 5.47. The van der Waals surface area contributed by atoms with Crippen molar-refractivity contribution in [3.8, 4) is 0 Å². The minimum absolute atomic E-state index is 0.257. The van der Waals surface area contributed by atoms with Crippen LogP contribution in [-0.2, 0) is 4.74 Å². The van der Waals surface area contributed by atoms with Gasteiger partial charge in [0.15, 0.2) is 5.96 Å². The van der Waals surface area contributed by atoms with Crippen molar-refractivity contribution < 1.29 is 4.74 Å². The van der Waals surface area contributed by atoms with E-state index in [0.29, 0.717) is 12.5 Å². The second-order valence-electron chi connectivity index (χ2n) is 5.90. The second-order valence-corrected chi connectivity index (χ2v) is 6.88. The Morgan fingerprint density at radius 1 is 1.29 bits per heavy atom. The maximum atomic E-state index is 6.07. The number of ether oxygens (including phenoxy) is 1. The highest BCUT2D eigenvalue weighted by molar-refractivity contribution is 7.10. The van der Waals surface area contributed by atoms with Gasteiger partial charge in [0, 0.05) is 23.7 Å². The van der Waals surface area contributed by atoms with Gasteiger partial charge in [-0.05, 0) is 30.5 Å². The first-order valence-corrected chi connectivity index (χ1v) is 9.09. The van der Waals surface area contributed by atoms with Crippen molar-refractivity contribution in [3.05, 3.63) is 52.2 Å². The number of benzene rings is 1. The summed E-state index contributed by atoms with van der Waals surface area (Å²) >= 11 is 1.77. The number of guanidine groups is 1. The van der Waals surface area contributed by atoms with E-state index in [1.807, 2.05) is 12.1 Å². The molecule has 1 aromatic heterocycles. The summed E-state index contributed by atoms with van der Waals surface area (Å²) in [4.78, 5) is 8.33. The predicted octanol–water partition coefficient (Wildman–Crippen LogP) is 2.86. The second kappa shape index (κ2) is 8.28. The highest BCUT2D eigenvalue weighted by Gasteiger charge is 2.23. The summed E-state index contributed by atoms with van der Waals surface area (Å²) in [6.07, 6.45) is 0. The van der Waals surface area contributed by atoms with Crippen molar-refractivity contribution in [2.24, 2.45) is 10.7 Å². The van der Waals surface area contributed by atoms with E-state index < -0.39 is 0 Å². The van der Waals surface area contributed by atoms with E-state index in [2.05, 4.69) is 51.8 Å². The molecule has 0 aliphatic carbocycles. The lowest BCUT2D eigenvalue weighted by Crippen LogP contribution is -2.40. The standard InChI is InChI=1S/C18H24N4OS/c1-14-4-6-15(7-5-14)21-18(19)20-13-16(17-3-2-12-24-17)22-8-10-23-11-9-22/h2-7,12,16H,8-11,13H2,1H3,(H3,19,20,21). The molecule has 3 rings (SSSR count). The number of nitrogens with one attached hydrogen (secondary N) is 1. The van der Waals surface area contributed by atoms with Crippen LogP contribution in [0.2, 0.25) is 0 Å². The number of hydrogen-bond acceptors (Lipinski definition) is 4. The number of aliphatic imine (C=N–C) groups is 1. The van der Waals surface area contributed by atoms with Crippen LogP contribution in [0.15, 0.2) is 46.8 Å². The molecule has 1 aliphatic rings. The Balaban J connectivity index is 1.66. The summed E-state index contributed by atoms with van der Waals surface area (Å²) in [5.74, 6) is 0.452. The van der Waals surface area contributed by atoms with Crippen LogP contribution < -0.4 is 11.1 Å². The monoisotopic (exact) mass is 344 g/mol. The molecule has 3 N–H and O–H groups in total. The number of nitrogens with two attached hydrogens (primary N) is 1. The third-order valence-corrected chi connectivity index (χ3v) is 5.09. The van der Waals surface area contributed by atoms with E-state index in [-0.39, 0.29) is 6.04 Å². The molecule has 0 radical (unpaired) electrons. The molecular weight excluding hydrogens is 320 g/mol. The molecule has 6 heteroatoms. The van der Waals surface area contributed by atoms with Gasteiger partial charge in [0.05, 0.1) is 25.8 Å². The normalized spacial score (nSPS) is 17.6. The molecule has 1 saturated heterocycles. The Labute approximate surface area is 147 Å². The van der Waals surface area contributed by atoms with Crippen LogP contribution in [-0.4, -0.2) is 43.7 Å². The van der Waals surface area contributed by atoms with Crippen LogP contribution in [0, 0.1) is 6.92 Å². The van der Waals surface area contributed by atoms with Crippen molar-refractivity contribution in [1.29, 1.82) is 0 Å². The fourth-order valence-corrected chi connectivity index (χ4v) is 3.62. The van der Waals surface area contributed by atoms with Crippen molar-refractivity contribution >= 4 is 23.0 Å². The number of rotatable bonds is 5. The van der Waals surface area contributed by atoms with Gasteiger partial charge in [-0.25, -0.2) is 0 Å².